The number of likely N-dealkylation sites (tertiary alicyclic amines) is 1. The average molecular weight is 273 g/mol. The molecule has 1 aliphatic carbocycles. The molecule has 5 N–H and O–H groups in total. The molecule has 1 saturated heterocycles. The van der Waals surface area contributed by atoms with Crippen LogP contribution in [0.3, 0.4) is 0 Å². The minimum Gasteiger partial charge on any atom is -0.395 e. The van der Waals surface area contributed by atoms with Gasteiger partial charge in [0.15, 0.2) is 0 Å². The Morgan fingerprint density at radius 3 is 2.37 bits per heavy atom. The molecule has 1 fully saturated rings. The number of allylic oxidation sites excluding steroid dienone is 1. The van der Waals surface area contributed by atoms with Gasteiger partial charge in [0.1, 0.15) is 24.5 Å². The Morgan fingerprint density at radius 2 is 1.79 bits per heavy atom. The highest BCUT2D eigenvalue weighted by Crippen LogP contribution is 2.26. The van der Waals surface area contributed by atoms with E-state index in [0.717, 1.165) is 31.3 Å². The fourth-order valence-corrected chi connectivity index (χ4v) is 2.90. The van der Waals surface area contributed by atoms with Crippen LogP contribution >= 0.6 is 0 Å². The summed E-state index contributed by atoms with van der Waals surface area (Å²) in [4.78, 5) is 1.47. The minimum absolute atomic E-state index is 0.380. The van der Waals surface area contributed by atoms with Crippen LogP contribution in [0.15, 0.2) is 11.6 Å². The molecule has 6 nitrogen and oxygen atoms in total. The van der Waals surface area contributed by atoms with Crippen LogP contribution in [0.4, 0.5) is 0 Å². The van der Waals surface area contributed by atoms with Crippen molar-refractivity contribution in [1.29, 1.82) is 0 Å². The van der Waals surface area contributed by atoms with E-state index in [1.807, 2.05) is 0 Å². The van der Waals surface area contributed by atoms with Crippen LogP contribution in [0.25, 0.3) is 0 Å². The lowest BCUT2D eigenvalue weighted by atomic mass is 9.91. The maximum Gasteiger partial charge on any atom is 0.136 e. The molecule has 2 aliphatic rings. The van der Waals surface area contributed by atoms with E-state index in [4.69, 9.17) is 0 Å². The minimum atomic E-state index is -1.44. The van der Waals surface area contributed by atoms with Crippen molar-refractivity contribution < 1.29 is 25.5 Å². The maximum atomic E-state index is 10.0. The molecule has 6 heteroatoms. The van der Waals surface area contributed by atoms with Gasteiger partial charge in [-0.1, -0.05) is 11.6 Å². The first-order chi connectivity index (χ1) is 9.06. The molecule has 110 valence electrons. The van der Waals surface area contributed by atoms with E-state index in [2.05, 4.69) is 6.08 Å². The lowest BCUT2D eigenvalue weighted by Gasteiger charge is -2.46. The first-order valence-electron chi connectivity index (χ1n) is 6.83. The average Bonchev–Trinajstić information content (AvgIpc) is 2.44. The van der Waals surface area contributed by atoms with Gasteiger partial charge in [-0.25, -0.2) is 0 Å². The smallest absolute Gasteiger partial charge is 0.136 e. The first kappa shape index (κ1) is 14.9. The number of rotatable bonds is 3. The van der Waals surface area contributed by atoms with Crippen molar-refractivity contribution in [2.24, 2.45) is 0 Å². The molecule has 5 atom stereocenters. The molecule has 0 spiro atoms. The summed E-state index contributed by atoms with van der Waals surface area (Å²) in [5.74, 6) is 0. The summed E-state index contributed by atoms with van der Waals surface area (Å²) in [5.41, 5.74) is 1.14. The van der Waals surface area contributed by atoms with Crippen LogP contribution < -0.4 is 0 Å². The highest BCUT2D eigenvalue weighted by atomic mass is 16.4. The molecule has 2 rings (SSSR count). The van der Waals surface area contributed by atoms with Crippen molar-refractivity contribution >= 4 is 0 Å². The third-order valence-electron chi connectivity index (χ3n) is 4.12. The predicted molar refractivity (Wildman–Crippen MR) is 68.2 cm³/mol. The van der Waals surface area contributed by atoms with E-state index < -0.39 is 30.6 Å². The third kappa shape index (κ3) is 2.99. The predicted octanol–water partition coefficient (Wildman–Crippen LogP) is -1.44. The zero-order chi connectivity index (χ0) is 14.0. The largest absolute Gasteiger partial charge is 0.395 e. The monoisotopic (exact) mass is 273 g/mol. The first-order valence-corrected chi connectivity index (χ1v) is 6.83. The van der Waals surface area contributed by atoms with Crippen molar-refractivity contribution in [3.05, 3.63) is 11.6 Å². The zero-order valence-corrected chi connectivity index (χ0v) is 10.9. The van der Waals surface area contributed by atoms with Crippen molar-refractivity contribution in [3.63, 3.8) is 0 Å². The number of hydrogen-bond donors (Lipinski definition) is 5. The van der Waals surface area contributed by atoms with Gasteiger partial charge in [-0.15, -0.1) is 0 Å². The Morgan fingerprint density at radius 1 is 1.05 bits per heavy atom. The van der Waals surface area contributed by atoms with Crippen molar-refractivity contribution in [3.8, 4) is 0 Å². The molecule has 0 saturated carbocycles. The Balaban J connectivity index is 2.12. The second-order valence-corrected chi connectivity index (χ2v) is 5.42. The summed E-state index contributed by atoms with van der Waals surface area (Å²) >= 11 is 0. The molecular weight excluding hydrogens is 250 g/mol. The molecule has 0 bridgehead atoms. The lowest BCUT2D eigenvalue weighted by Crippen LogP contribution is -2.67. The summed E-state index contributed by atoms with van der Waals surface area (Å²) in [5, 5.41) is 48.6. The molecule has 0 aromatic rings. The molecule has 0 aromatic heterocycles. The summed E-state index contributed by atoms with van der Waals surface area (Å²) in [7, 11) is 0. The van der Waals surface area contributed by atoms with E-state index in [9.17, 15) is 25.5 Å². The van der Waals surface area contributed by atoms with Gasteiger partial charge in [0.2, 0.25) is 0 Å². The van der Waals surface area contributed by atoms with E-state index in [0.29, 0.717) is 6.54 Å². The fraction of sp³-hybridized carbons (Fsp3) is 0.846. The SMILES string of the molecule is OC[C@@H]1[C@@H](O)[C@H](O)[C@@H](O)C(O)N1CC1=CCCCC1. The van der Waals surface area contributed by atoms with Gasteiger partial charge in [-0.05, 0) is 25.7 Å². The van der Waals surface area contributed by atoms with Gasteiger partial charge in [0, 0.05) is 6.54 Å². The van der Waals surface area contributed by atoms with Gasteiger partial charge in [-0.2, -0.15) is 0 Å². The maximum absolute atomic E-state index is 10.0. The standard InChI is InChI=1S/C13H23NO5/c15-7-9-10(16)11(17)12(18)13(19)14(9)6-8-4-2-1-3-5-8/h4,9-13,15-19H,1-3,5-7H2/t9-,10-,11+,12-,13?/m1/s1. The van der Waals surface area contributed by atoms with Crippen LogP contribution in [-0.4, -0.2) is 74.2 Å². The van der Waals surface area contributed by atoms with Gasteiger partial charge in [0.05, 0.1) is 12.6 Å². The summed E-state index contributed by atoms with van der Waals surface area (Å²) < 4.78 is 0. The number of aliphatic hydroxyl groups is 5. The van der Waals surface area contributed by atoms with E-state index in [1.165, 1.54) is 4.90 Å². The number of piperidine rings is 1. The molecule has 0 amide bonds. The van der Waals surface area contributed by atoms with Crippen LogP contribution in [0.2, 0.25) is 0 Å². The van der Waals surface area contributed by atoms with Crippen LogP contribution in [0, 0.1) is 0 Å². The van der Waals surface area contributed by atoms with Crippen molar-refractivity contribution in [1.82, 2.24) is 4.90 Å². The molecule has 1 heterocycles. The molecule has 1 aliphatic heterocycles. The van der Waals surface area contributed by atoms with Crippen LogP contribution in [0.5, 0.6) is 0 Å². The highest BCUT2D eigenvalue weighted by Gasteiger charge is 2.46. The fourth-order valence-electron chi connectivity index (χ4n) is 2.90. The Bertz CT molecular complexity index is 335. The normalized spacial score (nSPS) is 41.1. The van der Waals surface area contributed by atoms with Gasteiger partial charge in [0.25, 0.3) is 0 Å². The Labute approximate surface area is 112 Å². The molecular formula is C13H23NO5. The molecule has 0 radical (unpaired) electrons. The van der Waals surface area contributed by atoms with E-state index >= 15 is 0 Å². The zero-order valence-electron chi connectivity index (χ0n) is 10.9. The van der Waals surface area contributed by atoms with Crippen molar-refractivity contribution in [2.75, 3.05) is 13.2 Å². The number of nitrogens with zero attached hydrogens (tertiary/aromatic N) is 1. The lowest BCUT2D eigenvalue weighted by molar-refractivity contribution is -0.220. The Kier molecular flexibility index (Phi) is 4.94. The van der Waals surface area contributed by atoms with Gasteiger partial charge < -0.3 is 25.5 Å². The second kappa shape index (κ2) is 6.30. The van der Waals surface area contributed by atoms with Crippen LogP contribution in [-0.2, 0) is 0 Å². The highest BCUT2D eigenvalue weighted by molar-refractivity contribution is 5.10. The van der Waals surface area contributed by atoms with Crippen molar-refractivity contribution in [2.45, 2.75) is 56.3 Å². The van der Waals surface area contributed by atoms with Gasteiger partial charge in [-0.3, -0.25) is 4.90 Å². The van der Waals surface area contributed by atoms with E-state index in [1.54, 1.807) is 0 Å². The second-order valence-electron chi connectivity index (χ2n) is 5.42. The summed E-state index contributed by atoms with van der Waals surface area (Å²) in [6.45, 7) is 0.0164. The number of hydrogen-bond acceptors (Lipinski definition) is 6. The van der Waals surface area contributed by atoms with Gasteiger partial charge >= 0.3 is 0 Å². The quantitative estimate of drug-likeness (QED) is 0.404. The van der Waals surface area contributed by atoms with E-state index in [-0.39, 0.29) is 6.61 Å². The Hall–Kier alpha value is -0.500. The topological polar surface area (TPSA) is 104 Å². The third-order valence-corrected chi connectivity index (χ3v) is 4.12. The number of aliphatic hydroxyl groups excluding tert-OH is 5. The molecule has 0 aromatic carbocycles. The molecule has 1 unspecified atom stereocenters. The summed E-state index contributed by atoms with van der Waals surface area (Å²) in [6, 6.07) is -0.767. The van der Waals surface area contributed by atoms with Crippen LogP contribution in [0.1, 0.15) is 25.7 Å². The molecule has 19 heavy (non-hydrogen) atoms. The summed E-state index contributed by atoms with van der Waals surface area (Å²) in [6.07, 6.45) is 0.852.